The van der Waals surface area contributed by atoms with Crippen LogP contribution in [0.15, 0.2) is 24.3 Å². The highest BCUT2D eigenvalue weighted by Gasteiger charge is 2.08. The van der Waals surface area contributed by atoms with Crippen molar-refractivity contribution in [3.63, 3.8) is 0 Å². The van der Waals surface area contributed by atoms with Crippen LogP contribution in [0, 0.1) is 12.3 Å². The molecule has 0 heterocycles. The maximum absolute atomic E-state index is 5.24. The molecule has 1 aromatic carbocycles. The van der Waals surface area contributed by atoms with Crippen molar-refractivity contribution in [3.05, 3.63) is 41.0 Å². The highest BCUT2D eigenvalue weighted by atomic mass is 14.1. The highest BCUT2D eigenvalue weighted by Crippen LogP contribution is 2.24. The van der Waals surface area contributed by atoms with E-state index in [4.69, 9.17) is 6.42 Å². The van der Waals surface area contributed by atoms with Crippen molar-refractivity contribution >= 4 is 6.08 Å². The molecule has 0 nitrogen and oxygen atoms in total. The van der Waals surface area contributed by atoms with Crippen LogP contribution in [0.5, 0.6) is 0 Å². The van der Waals surface area contributed by atoms with Gasteiger partial charge in [-0.25, -0.2) is 0 Å². The molecule has 0 unspecified atom stereocenters. The van der Waals surface area contributed by atoms with Gasteiger partial charge in [0.15, 0.2) is 0 Å². The predicted octanol–water partition coefficient (Wildman–Crippen LogP) is 3.60. The molecular formula is C15H16. The van der Waals surface area contributed by atoms with Crippen molar-refractivity contribution in [2.75, 3.05) is 0 Å². The van der Waals surface area contributed by atoms with Gasteiger partial charge in [-0.3, -0.25) is 0 Å². The molecule has 0 aliphatic heterocycles. The lowest BCUT2D eigenvalue weighted by atomic mass is 9.99. The Kier molecular flexibility index (Phi) is 3.25. The number of terminal acetylenes is 1. The molecule has 0 bridgehead atoms. The molecule has 0 fully saturated rings. The predicted molar refractivity (Wildman–Crippen MR) is 65.6 cm³/mol. The van der Waals surface area contributed by atoms with E-state index in [2.05, 4.69) is 36.3 Å². The number of hydrogen-bond donors (Lipinski definition) is 0. The van der Waals surface area contributed by atoms with Crippen LogP contribution >= 0.6 is 0 Å². The molecule has 1 aliphatic carbocycles. The van der Waals surface area contributed by atoms with E-state index in [0.717, 1.165) is 25.7 Å². The molecular weight excluding hydrogens is 180 g/mol. The minimum atomic E-state index is 0.908. The molecule has 0 amide bonds. The quantitative estimate of drug-likeness (QED) is 0.510. The minimum absolute atomic E-state index is 0.908. The van der Waals surface area contributed by atoms with Crippen LogP contribution in [0.3, 0.4) is 0 Å². The molecule has 0 aromatic heterocycles. The summed E-state index contributed by atoms with van der Waals surface area (Å²) < 4.78 is 0. The largest absolute Gasteiger partial charge is 0.120 e. The van der Waals surface area contributed by atoms with E-state index in [9.17, 15) is 0 Å². The molecule has 1 aliphatic rings. The lowest BCUT2D eigenvalue weighted by Gasteiger charge is -2.06. The van der Waals surface area contributed by atoms with Crippen LogP contribution in [-0.4, -0.2) is 0 Å². The first-order valence-corrected chi connectivity index (χ1v) is 5.62. The Morgan fingerprint density at radius 3 is 3.07 bits per heavy atom. The average Bonchev–Trinajstić information content (AvgIpc) is 2.73. The van der Waals surface area contributed by atoms with Gasteiger partial charge in [0, 0.05) is 6.42 Å². The van der Waals surface area contributed by atoms with Gasteiger partial charge in [0.1, 0.15) is 0 Å². The summed E-state index contributed by atoms with van der Waals surface area (Å²) in [4.78, 5) is 0. The number of rotatable bonds is 4. The summed E-state index contributed by atoms with van der Waals surface area (Å²) >= 11 is 0. The zero-order valence-corrected chi connectivity index (χ0v) is 9.00. The summed E-state index contributed by atoms with van der Waals surface area (Å²) in [5.41, 5.74) is 4.42. The third-order valence-corrected chi connectivity index (χ3v) is 2.93. The van der Waals surface area contributed by atoms with Crippen molar-refractivity contribution in [2.24, 2.45) is 0 Å². The van der Waals surface area contributed by atoms with Gasteiger partial charge in [0.25, 0.3) is 0 Å². The fraction of sp³-hybridized carbons (Fsp3) is 0.333. The van der Waals surface area contributed by atoms with Gasteiger partial charge in [-0.05, 0) is 42.4 Å². The van der Waals surface area contributed by atoms with E-state index < -0.39 is 0 Å². The van der Waals surface area contributed by atoms with Crippen LogP contribution < -0.4 is 0 Å². The van der Waals surface area contributed by atoms with Gasteiger partial charge in [0.05, 0.1) is 0 Å². The third-order valence-electron chi connectivity index (χ3n) is 2.93. The van der Waals surface area contributed by atoms with Crippen molar-refractivity contribution in [1.29, 1.82) is 0 Å². The molecule has 15 heavy (non-hydrogen) atoms. The first-order chi connectivity index (χ1) is 7.42. The first kappa shape index (κ1) is 10.1. The van der Waals surface area contributed by atoms with Crippen LogP contribution in [0.4, 0.5) is 0 Å². The Hall–Kier alpha value is -1.48. The molecule has 2 rings (SSSR count). The van der Waals surface area contributed by atoms with E-state index >= 15 is 0 Å². The lowest BCUT2D eigenvalue weighted by molar-refractivity contribution is 0.755. The van der Waals surface area contributed by atoms with Gasteiger partial charge < -0.3 is 0 Å². The van der Waals surface area contributed by atoms with Gasteiger partial charge in [0.2, 0.25) is 0 Å². The fourth-order valence-corrected chi connectivity index (χ4v) is 2.12. The zero-order valence-electron chi connectivity index (χ0n) is 9.00. The summed E-state index contributed by atoms with van der Waals surface area (Å²) in [5.74, 6) is 2.69. The third kappa shape index (κ3) is 2.30. The fourth-order valence-electron chi connectivity index (χ4n) is 2.12. The van der Waals surface area contributed by atoms with Crippen molar-refractivity contribution in [3.8, 4) is 12.3 Å². The Labute approximate surface area is 92.0 Å². The summed E-state index contributed by atoms with van der Waals surface area (Å²) in [6, 6.07) is 6.63. The number of benzene rings is 1. The zero-order chi connectivity index (χ0) is 10.5. The van der Waals surface area contributed by atoms with Gasteiger partial charge in [-0.15, -0.1) is 12.3 Å². The SMILES string of the molecule is C#CCCCCc1cccc2c1C=CC2. The molecule has 0 N–H and O–H groups in total. The molecule has 0 atom stereocenters. The maximum atomic E-state index is 5.24. The topological polar surface area (TPSA) is 0 Å². The van der Waals surface area contributed by atoms with E-state index in [1.54, 1.807) is 0 Å². The summed E-state index contributed by atoms with van der Waals surface area (Å²) in [6.45, 7) is 0. The number of fused-ring (bicyclic) bond motifs is 1. The second-order valence-corrected chi connectivity index (χ2v) is 4.01. The van der Waals surface area contributed by atoms with Crippen molar-refractivity contribution in [1.82, 2.24) is 0 Å². The molecule has 0 radical (unpaired) electrons. The smallest absolute Gasteiger partial charge is 0.00861 e. The van der Waals surface area contributed by atoms with E-state index in [1.165, 1.54) is 23.1 Å². The van der Waals surface area contributed by atoms with Crippen molar-refractivity contribution in [2.45, 2.75) is 32.1 Å². The molecule has 76 valence electrons. The average molecular weight is 196 g/mol. The monoisotopic (exact) mass is 196 g/mol. The number of allylic oxidation sites excluding steroid dienone is 1. The Morgan fingerprint density at radius 1 is 1.27 bits per heavy atom. The van der Waals surface area contributed by atoms with E-state index in [0.29, 0.717) is 0 Å². The molecule has 0 saturated heterocycles. The Balaban J connectivity index is 2.00. The summed E-state index contributed by atoms with van der Waals surface area (Å²) in [6.07, 6.45) is 15.3. The van der Waals surface area contributed by atoms with E-state index in [-0.39, 0.29) is 0 Å². The highest BCUT2D eigenvalue weighted by molar-refractivity contribution is 5.63. The minimum Gasteiger partial charge on any atom is -0.120 e. The Morgan fingerprint density at radius 2 is 2.20 bits per heavy atom. The van der Waals surface area contributed by atoms with Crippen molar-refractivity contribution < 1.29 is 0 Å². The van der Waals surface area contributed by atoms with E-state index in [1.807, 2.05) is 0 Å². The van der Waals surface area contributed by atoms with Crippen LogP contribution in [0.2, 0.25) is 0 Å². The molecule has 1 aromatic rings. The van der Waals surface area contributed by atoms with Crippen LogP contribution in [0.25, 0.3) is 6.08 Å². The standard InChI is InChI=1S/C15H16/c1-2-3-4-5-8-13-9-6-10-14-11-7-12-15(13)14/h1,6-7,9-10,12H,3-5,8,11H2. The summed E-state index contributed by atoms with van der Waals surface area (Å²) in [5, 5.41) is 0. The molecule has 0 heteroatoms. The van der Waals surface area contributed by atoms with Crippen LogP contribution in [-0.2, 0) is 12.8 Å². The Bertz CT molecular complexity index is 405. The first-order valence-electron chi connectivity index (χ1n) is 5.62. The maximum Gasteiger partial charge on any atom is 0.00861 e. The number of unbranched alkanes of at least 4 members (excludes halogenated alkanes) is 2. The van der Waals surface area contributed by atoms with Gasteiger partial charge in [-0.2, -0.15) is 0 Å². The second kappa shape index (κ2) is 4.84. The van der Waals surface area contributed by atoms with Gasteiger partial charge in [-0.1, -0.05) is 30.4 Å². The van der Waals surface area contributed by atoms with Gasteiger partial charge >= 0.3 is 0 Å². The number of hydrogen-bond acceptors (Lipinski definition) is 0. The second-order valence-electron chi connectivity index (χ2n) is 4.01. The van der Waals surface area contributed by atoms with Crippen LogP contribution in [0.1, 0.15) is 36.0 Å². The molecule has 0 saturated carbocycles. The summed E-state index contributed by atoms with van der Waals surface area (Å²) in [7, 11) is 0. The molecule has 0 spiro atoms. The number of aryl methyl sites for hydroxylation is 1. The lowest BCUT2D eigenvalue weighted by Crippen LogP contribution is -1.92. The normalized spacial score (nSPS) is 12.5.